The third-order valence-corrected chi connectivity index (χ3v) is 3.04. The first-order chi connectivity index (χ1) is 8.69. The summed E-state index contributed by atoms with van der Waals surface area (Å²) < 4.78 is 41.1. The fourth-order valence-corrected chi connectivity index (χ4v) is 2.02. The SMILES string of the molecule is CC(OCC(F)(F)F)C(=O)Nc1ccc(I)cc1Cl. The summed E-state index contributed by atoms with van der Waals surface area (Å²) in [4.78, 5) is 11.6. The third-order valence-electron chi connectivity index (χ3n) is 2.06. The predicted molar refractivity (Wildman–Crippen MR) is 74.3 cm³/mol. The van der Waals surface area contributed by atoms with Gasteiger partial charge in [-0.1, -0.05) is 11.6 Å². The number of carbonyl (C=O) groups is 1. The Labute approximate surface area is 126 Å². The molecule has 0 bridgehead atoms. The molecule has 0 saturated carbocycles. The van der Waals surface area contributed by atoms with E-state index in [2.05, 4.69) is 10.1 Å². The highest BCUT2D eigenvalue weighted by Crippen LogP contribution is 2.24. The predicted octanol–water partition coefficient (Wildman–Crippen LogP) is 3.85. The molecule has 0 fully saturated rings. The summed E-state index contributed by atoms with van der Waals surface area (Å²) in [6, 6.07) is 4.90. The van der Waals surface area contributed by atoms with Gasteiger partial charge >= 0.3 is 6.18 Å². The summed E-state index contributed by atoms with van der Waals surface area (Å²) in [6.45, 7) is -0.232. The molecule has 0 saturated heterocycles. The highest BCUT2D eigenvalue weighted by Gasteiger charge is 2.30. The van der Waals surface area contributed by atoms with Crippen molar-refractivity contribution in [2.24, 2.45) is 0 Å². The lowest BCUT2D eigenvalue weighted by molar-refractivity contribution is -0.184. The average molecular weight is 408 g/mol. The Morgan fingerprint density at radius 3 is 2.68 bits per heavy atom. The van der Waals surface area contributed by atoms with Crippen LogP contribution in [0.5, 0.6) is 0 Å². The topological polar surface area (TPSA) is 38.3 Å². The van der Waals surface area contributed by atoms with Gasteiger partial charge in [-0.2, -0.15) is 13.2 Å². The van der Waals surface area contributed by atoms with E-state index in [0.29, 0.717) is 10.7 Å². The van der Waals surface area contributed by atoms with Gasteiger partial charge in [0.15, 0.2) is 0 Å². The van der Waals surface area contributed by atoms with E-state index in [4.69, 9.17) is 11.6 Å². The van der Waals surface area contributed by atoms with Gasteiger partial charge < -0.3 is 10.1 Å². The molecule has 1 rings (SSSR count). The van der Waals surface area contributed by atoms with Crippen molar-refractivity contribution in [3.63, 3.8) is 0 Å². The van der Waals surface area contributed by atoms with Crippen LogP contribution in [0.4, 0.5) is 18.9 Å². The van der Waals surface area contributed by atoms with Crippen molar-refractivity contribution < 1.29 is 22.7 Å². The minimum atomic E-state index is -4.46. The standard InChI is InChI=1S/C11H10ClF3INO2/c1-6(19-5-11(13,14)15)10(18)17-9-3-2-7(16)4-8(9)12/h2-4,6H,5H2,1H3,(H,17,18). The number of hydrogen-bond acceptors (Lipinski definition) is 2. The maximum atomic E-state index is 11.9. The van der Waals surface area contributed by atoms with Gasteiger partial charge in [0.1, 0.15) is 12.7 Å². The number of halogens is 5. The molecule has 1 unspecified atom stereocenters. The molecule has 0 radical (unpaired) electrons. The van der Waals surface area contributed by atoms with Gasteiger partial charge in [0.05, 0.1) is 10.7 Å². The molecule has 0 aliphatic rings. The molecule has 0 spiro atoms. The first-order valence-corrected chi connectivity index (χ1v) is 6.59. The van der Waals surface area contributed by atoms with Crippen LogP contribution in [0.15, 0.2) is 18.2 Å². The lowest BCUT2D eigenvalue weighted by Crippen LogP contribution is -2.31. The van der Waals surface area contributed by atoms with Crippen molar-refractivity contribution in [1.29, 1.82) is 0 Å². The van der Waals surface area contributed by atoms with Gasteiger partial charge in [-0.15, -0.1) is 0 Å². The molecule has 3 nitrogen and oxygen atoms in total. The molecular formula is C11H10ClF3INO2. The van der Waals surface area contributed by atoms with Gasteiger partial charge in [-0.25, -0.2) is 0 Å². The Hall–Kier alpha value is -0.540. The Kier molecular flexibility index (Phi) is 5.87. The Balaban J connectivity index is 2.59. The molecule has 0 heterocycles. The number of amides is 1. The largest absolute Gasteiger partial charge is 0.411 e. The van der Waals surface area contributed by atoms with Crippen LogP contribution >= 0.6 is 34.2 Å². The van der Waals surface area contributed by atoms with Gasteiger partial charge in [0, 0.05) is 3.57 Å². The normalized spacial score (nSPS) is 13.2. The van der Waals surface area contributed by atoms with E-state index in [1.807, 2.05) is 22.6 Å². The first-order valence-electron chi connectivity index (χ1n) is 5.13. The fraction of sp³-hybridized carbons (Fsp3) is 0.364. The number of carbonyl (C=O) groups excluding carboxylic acids is 1. The molecular weight excluding hydrogens is 397 g/mol. The summed E-state index contributed by atoms with van der Waals surface area (Å²) in [5.74, 6) is -0.688. The summed E-state index contributed by atoms with van der Waals surface area (Å²) in [5, 5.41) is 2.72. The van der Waals surface area contributed by atoms with Crippen molar-refractivity contribution >= 4 is 45.8 Å². The number of nitrogens with one attached hydrogen (secondary N) is 1. The van der Waals surface area contributed by atoms with E-state index < -0.39 is 24.8 Å². The van der Waals surface area contributed by atoms with Crippen molar-refractivity contribution in [3.8, 4) is 0 Å². The van der Waals surface area contributed by atoms with Crippen LogP contribution in [0.25, 0.3) is 0 Å². The van der Waals surface area contributed by atoms with Crippen LogP contribution in [0.3, 0.4) is 0 Å². The van der Waals surface area contributed by atoms with Crippen LogP contribution in [0.2, 0.25) is 5.02 Å². The van der Waals surface area contributed by atoms with Crippen molar-refractivity contribution in [1.82, 2.24) is 0 Å². The van der Waals surface area contributed by atoms with Crippen LogP contribution in [0, 0.1) is 3.57 Å². The molecule has 0 aliphatic carbocycles. The minimum Gasteiger partial charge on any atom is -0.359 e. The van der Waals surface area contributed by atoms with E-state index in [9.17, 15) is 18.0 Å². The monoisotopic (exact) mass is 407 g/mol. The summed E-state index contributed by atoms with van der Waals surface area (Å²) in [7, 11) is 0. The summed E-state index contributed by atoms with van der Waals surface area (Å²) in [6.07, 6.45) is -5.69. The molecule has 1 aromatic rings. The lowest BCUT2D eigenvalue weighted by atomic mass is 10.3. The van der Waals surface area contributed by atoms with Gasteiger partial charge in [0.25, 0.3) is 5.91 Å². The number of ether oxygens (including phenoxy) is 1. The molecule has 0 aliphatic heterocycles. The number of benzene rings is 1. The Morgan fingerprint density at radius 1 is 1.53 bits per heavy atom. The van der Waals surface area contributed by atoms with Crippen molar-refractivity contribution in [3.05, 3.63) is 26.8 Å². The zero-order chi connectivity index (χ0) is 14.6. The fourth-order valence-electron chi connectivity index (χ4n) is 1.12. The molecule has 0 aromatic heterocycles. The summed E-state index contributed by atoms with van der Waals surface area (Å²) >= 11 is 7.93. The second kappa shape index (κ2) is 6.76. The van der Waals surface area contributed by atoms with Crippen LogP contribution in [0.1, 0.15) is 6.92 Å². The first kappa shape index (κ1) is 16.5. The highest BCUT2D eigenvalue weighted by atomic mass is 127. The number of rotatable bonds is 4. The highest BCUT2D eigenvalue weighted by molar-refractivity contribution is 14.1. The molecule has 19 heavy (non-hydrogen) atoms. The minimum absolute atomic E-state index is 0.309. The molecule has 8 heteroatoms. The maximum absolute atomic E-state index is 11.9. The number of anilines is 1. The second-order valence-corrected chi connectivity index (χ2v) is 5.33. The molecule has 1 aromatic carbocycles. The van der Waals surface area contributed by atoms with Gasteiger partial charge in [-0.05, 0) is 47.7 Å². The third kappa shape index (κ3) is 5.96. The number of hydrogen-bond donors (Lipinski definition) is 1. The Morgan fingerprint density at radius 2 is 2.16 bits per heavy atom. The smallest absolute Gasteiger partial charge is 0.359 e. The molecule has 1 amide bonds. The number of alkyl halides is 3. The summed E-state index contributed by atoms with van der Waals surface area (Å²) in [5.41, 5.74) is 0.328. The zero-order valence-electron chi connectivity index (χ0n) is 9.72. The van der Waals surface area contributed by atoms with Gasteiger partial charge in [-0.3, -0.25) is 4.79 Å². The van der Waals surface area contributed by atoms with E-state index >= 15 is 0 Å². The van der Waals surface area contributed by atoms with Crippen LogP contribution in [-0.2, 0) is 9.53 Å². The van der Waals surface area contributed by atoms with E-state index in [1.165, 1.54) is 6.92 Å². The molecule has 1 atom stereocenters. The average Bonchev–Trinajstić information content (AvgIpc) is 2.28. The maximum Gasteiger partial charge on any atom is 0.411 e. The molecule has 106 valence electrons. The Bertz CT molecular complexity index is 468. The van der Waals surface area contributed by atoms with E-state index in [0.717, 1.165) is 3.57 Å². The zero-order valence-corrected chi connectivity index (χ0v) is 12.6. The van der Waals surface area contributed by atoms with Crippen molar-refractivity contribution in [2.45, 2.75) is 19.2 Å². The molecule has 1 N–H and O–H groups in total. The van der Waals surface area contributed by atoms with Gasteiger partial charge in [0.2, 0.25) is 0 Å². The quantitative estimate of drug-likeness (QED) is 0.770. The van der Waals surface area contributed by atoms with Crippen LogP contribution in [-0.4, -0.2) is 24.8 Å². The van der Waals surface area contributed by atoms with E-state index in [1.54, 1.807) is 18.2 Å². The second-order valence-electron chi connectivity index (χ2n) is 3.68. The van der Waals surface area contributed by atoms with Crippen molar-refractivity contribution in [2.75, 3.05) is 11.9 Å². The van der Waals surface area contributed by atoms with Crippen LogP contribution < -0.4 is 5.32 Å². The lowest BCUT2D eigenvalue weighted by Gasteiger charge is -2.15. The van der Waals surface area contributed by atoms with E-state index in [-0.39, 0.29) is 0 Å².